The van der Waals surface area contributed by atoms with Crippen molar-refractivity contribution in [3.05, 3.63) is 35.5 Å². The van der Waals surface area contributed by atoms with E-state index in [0.717, 1.165) is 43.4 Å². The fourth-order valence-electron chi connectivity index (χ4n) is 4.10. The van der Waals surface area contributed by atoms with Crippen molar-refractivity contribution in [3.63, 3.8) is 0 Å². The van der Waals surface area contributed by atoms with Crippen LogP contribution in [0.2, 0.25) is 0 Å². The molecule has 2 fully saturated rings. The molecule has 0 saturated heterocycles. The van der Waals surface area contributed by atoms with Gasteiger partial charge in [-0.15, -0.1) is 0 Å². The minimum atomic E-state index is -0.400. The van der Waals surface area contributed by atoms with Crippen LogP contribution < -0.4 is 10.7 Å². The summed E-state index contributed by atoms with van der Waals surface area (Å²) in [4.78, 5) is 33.7. The molecule has 0 bridgehead atoms. The van der Waals surface area contributed by atoms with Crippen LogP contribution in [0, 0.1) is 5.92 Å². The second-order valence-electron chi connectivity index (χ2n) is 7.45. The molecule has 0 radical (unpaired) electrons. The summed E-state index contributed by atoms with van der Waals surface area (Å²) < 4.78 is 1.77. The van der Waals surface area contributed by atoms with E-state index in [4.69, 9.17) is 0 Å². The molecule has 5 rings (SSSR count). The van der Waals surface area contributed by atoms with Crippen molar-refractivity contribution in [1.29, 1.82) is 0 Å². The Morgan fingerprint density at radius 3 is 2.81 bits per heavy atom. The summed E-state index contributed by atoms with van der Waals surface area (Å²) in [5.41, 5.74) is 5.18. The van der Waals surface area contributed by atoms with E-state index in [0.29, 0.717) is 23.3 Å². The first kappa shape index (κ1) is 16.2. The Bertz CT molecular complexity index is 906. The third-order valence-corrected chi connectivity index (χ3v) is 5.84. The van der Waals surface area contributed by atoms with Gasteiger partial charge in [0.15, 0.2) is 11.5 Å². The van der Waals surface area contributed by atoms with E-state index in [1.165, 1.54) is 12.1 Å². The predicted octanol–water partition coefficient (Wildman–Crippen LogP) is 1.16. The van der Waals surface area contributed by atoms with Crippen LogP contribution in [0.1, 0.15) is 53.3 Å². The Hall–Kier alpha value is -2.97. The van der Waals surface area contributed by atoms with Crippen LogP contribution in [0.5, 0.6) is 0 Å². The topological polar surface area (TPSA) is 105 Å². The maximum Gasteiger partial charge on any atom is 0.333 e. The van der Waals surface area contributed by atoms with Crippen LogP contribution in [0.25, 0.3) is 5.82 Å². The third-order valence-electron chi connectivity index (χ3n) is 5.84. The van der Waals surface area contributed by atoms with Crippen LogP contribution in [-0.4, -0.2) is 49.8 Å². The summed E-state index contributed by atoms with van der Waals surface area (Å²) in [6.07, 6.45) is 9.71. The number of amides is 3. The van der Waals surface area contributed by atoms with Gasteiger partial charge in [0.1, 0.15) is 0 Å². The largest absolute Gasteiger partial charge is 0.340 e. The Morgan fingerprint density at radius 1 is 1.30 bits per heavy atom. The lowest BCUT2D eigenvalue weighted by atomic mass is 9.92. The molecule has 2 saturated carbocycles. The highest BCUT2D eigenvalue weighted by Gasteiger charge is 2.51. The molecule has 3 amide bonds. The molecule has 9 heteroatoms. The predicted molar refractivity (Wildman–Crippen MR) is 95.1 cm³/mol. The summed E-state index contributed by atoms with van der Waals surface area (Å²) in [6.45, 7) is 0. The van der Waals surface area contributed by atoms with E-state index >= 15 is 0 Å². The quantitative estimate of drug-likeness (QED) is 0.792. The van der Waals surface area contributed by atoms with Gasteiger partial charge in [0.2, 0.25) is 0 Å². The zero-order valence-corrected chi connectivity index (χ0v) is 15.1. The SMILES string of the molecule is CNC(=O)NN(C(=O)c1nn(-c2cnccn2)c2c1C[C@H]1C[C@@H]21)C1CCC1. The normalized spacial score (nSPS) is 22.4. The molecule has 2 atom stereocenters. The number of hydrazine groups is 1. The van der Waals surface area contributed by atoms with Crippen molar-refractivity contribution in [2.75, 3.05) is 7.05 Å². The standard InChI is InChI=1S/C18H21N7O2/c1-19-18(27)23-24(11-3-2-4-11)17(26)15-13-8-10-7-12(10)16(13)25(22-15)14-9-20-5-6-21-14/h5-6,9-12H,2-4,7-8H2,1H3,(H2,19,23,27)/t10-,12-/m1/s1. The molecule has 2 aromatic heterocycles. The van der Waals surface area contributed by atoms with Gasteiger partial charge in [-0.1, -0.05) is 0 Å². The van der Waals surface area contributed by atoms with E-state index in [9.17, 15) is 9.59 Å². The lowest BCUT2D eigenvalue weighted by Crippen LogP contribution is -2.56. The second kappa shape index (κ2) is 6.04. The maximum absolute atomic E-state index is 13.3. The number of aromatic nitrogens is 4. The number of carbonyl (C=O) groups is 2. The van der Waals surface area contributed by atoms with Crippen LogP contribution in [0.4, 0.5) is 4.79 Å². The maximum atomic E-state index is 13.3. The van der Waals surface area contributed by atoms with Crippen molar-refractivity contribution in [1.82, 2.24) is 35.5 Å². The number of rotatable bonds is 3. The highest BCUT2D eigenvalue weighted by Crippen LogP contribution is 2.57. The molecule has 0 aliphatic heterocycles. The lowest BCUT2D eigenvalue weighted by molar-refractivity contribution is 0.0445. The molecule has 2 aromatic rings. The Labute approximate surface area is 156 Å². The molecule has 2 N–H and O–H groups in total. The fraction of sp³-hybridized carbons (Fsp3) is 0.500. The summed E-state index contributed by atoms with van der Waals surface area (Å²) in [5.74, 6) is 1.41. The van der Waals surface area contributed by atoms with Crippen molar-refractivity contribution in [3.8, 4) is 5.82 Å². The number of fused-ring (bicyclic) bond motifs is 3. The van der Waals surface area contributed by atoms with Crippen molar-refractivity contribution in [2.45, 2.75) is 44.1 Å². The van der Waals surface area contributed by atoms with Gasteiger partial charge in [-0.2, -0.15) is 5.10 Å². The second-order valence-corrected chi connectivity index (χ2v) is 7.45. The van der Waals surface area contributed by atoms with Gasteiger partial charge >= 0.3 is 6.03 Å². The minimum Gasteiger partial charge on any atom is -0.340 e. The fourth-order valence-corrected chi connectivity index (χ4v) is 4.10. The Balaban J connectivity index is 1.54. The zero-order chi connectivity index (χ0) is 18.5. The molecule has 2 heterocycles. The number of carbonyl (C=O) groups excluding carboxylic acids is 2. The van der Waals surface area contributed by atoms with Crippen molar-refractivity contribution >= 4 is 11.9 Å². The van der Waals surface area contributed by atoms with E-state index in [-0.39, 0.29) is 11.9 Å². The van der Waals surface area contributed by atoms with Crippen molar-refractivity contribution < 1.29 is 9.59 Å². The molecule has 3 aliphatic carbocycles. The number of hydrogen-bond acceptors (Lipinski definition) is 5. The van der Waals surface area contributed by atoms with Gasteiger partial charge in [-0.3, -0.25) is 9.78 Å². The van der Waals surface area contributed by atoms with Crippen LogP contribution in [0.3, 0.4) is 0 Å². The number of nitrogens with zero attached hydrogens (tertiary/aromatic N) is 5. The van der Waals surface area contributed by atoms with E-state index in [1.807, 2.05) is 0 Å². The molecule has 27 heavy (non-hydrogen) atoms. The Morgan fingerprint density at radius 2 is 2.15 bits per heavy atom. The Kier molecular flexibility index (Phi) is 3.63. The number of hydrogen-bond donors (Lipinski definition) is 2. The van der Waals surface area contributed by atoms with Gasteiger partial charge in [-0.25, -0.2) is 24.9 Å². The van der Waals surface area contributed by atoms with Gasteiger partial charge < -0.3 is 5.32 Å². The van der Waals surface area contributed by atoms with Gasteiger partial charge in [0.25, 0.3) is 5.91 Å². The van der Waals surface area contributed by atoms with Crippen molar-refractivity contribution in [2.24, 2.45) is 5.92 Å². The summed E-state index contributed by atoms with van der Waals surface area (Å²) in [5, 5.41) is 8.59. The molecule has 0 aromatic carbocycles. The highest BCUT2D eigenvalue weighted by molar-refractivity contribution is 5.96. The van der Waals surface area contributed by atoms with Crippen LogP contribution in [-0.2, 0) is 6.42 Å². The lowest BCUT2D eigenvalue weighted by Gasteiger charge is -2.36. The van der Waals surface area contributed by atoms with Gasteiger partial charge in [-0.05, 0) is 38.0 Å². The first-order valence-corrected chi connectivity index (χ1v) is 9.37. The molecule has 3 aliphatic rings. The smallest absolute Gasteiger partial charge is 0.333 e. The highest BCUT2D eigenvalue weighted by atomic mass is 16.2. The third kappa shape index (κ3) is 2.56. The number of urea groups is 1. The van der Waals surface area contributed by atoms with E-state index < -0.39 is 6.03 Å². The average molecular weight is 367 g/mol. The molecule has 140 valence electrons. The average Bonchev–Trinajstić information content (AvgIpc) is 3.15. The minimum absolute atomic E-state index is 0.0167. The molecular weight excluding hydrogens is 346 g/mol. The first-order valence-electron chi connectivity index (χ1n) is 9.37. The summed E-state index contributed by atoms with van der Waals surface area (Å²) in [7, 11) is 1.53. The molecule has 0 spiro atoms. The van der Waals surface area contributed by atoms with Gasteiger partial charge in [0, 0.05) is 30.9 Å². The molecule has 9 nitrogen and oxygen atoms in total. The van der Waals surface area contributed by atoms with Crippen LogP contribution in [0.15, 0.2) is 18.6 Å². The monoisotopic (exact) mass is 367 g/mol. The van der Waals surface area contributed by atoms with E-state index in [1.54, 1.807) is 23.3 Å². The summed E-state index contributed by atoms with van der Waals surface area (Å²) >= 11 is 0. The van der Waals surface area contributed by atoms with E-state index in [2.05, 4.69) is 25.8 Å². The molecule has 0 unspecified atom stereocenters. The van der Waals surface area contributed by atoms with Crippen LogP contribution >= 0.6 is 0 Å². The number of nitrogens with one attached hydrogen (secondary N) is 2. The molecular formula is C18H21N7O2. The summed E-state index contributed by atoms with van der Waals surface area (Å²) in [6, 6.07) is -0.383. The first-order chi connectivity index (χ1) is 13.2. The van der Waals surface area contributed by atoms with Gasteiger partial charge in [0.05, 0.1) is 17.9 Å². The zero-order valence-electron chi connectivity index (χ0n) is 15.1.